The van der Waals surface area contributed by atoms with Crippen LogP contribution in [0, 0.1) is 0 Å². The van der Waals surface area contributed by atoms with Crippen molar-refractivity contribution in [1.82, 2.24) is 0 Å². The van der Waals surface area contributed by atoms with Crippen LogP contribution in [0.25, 0.3) is 0 Å². The zero-order valence-electron chi connectivity index (χ0n) is 8.16. The second kappa shape index (κ2) is 4.92. The van der Waals surface area contributed by atoms with Gasteiger partial charge >= 0.3 is 6.92 Å². The topological polar surface area (TPSA) is 29.5 Å². The number of benzene rings is 1. The van der Waals surface area contributed by atoms with E-state index in [1.807, 2.05) is 24.3 Å². The van der Waals surface area contributed by atoms with Gasteiger partial charge in [-0.1, -0.05) is 25.9 Å². The molecule has 1 N–H and O–H groups in total. The monoisotopic (exact) mass is 178 g/mol. The van der Waals surface area contributed by atoms with Crippen LogP contribution in [-0.4, -0.2) is 18.5 Å². The minimum atomic E-state index is -0.403. The number of rotatable bonds is 4. The van der Waals surface area contributed by atoms with Gasteiger partial charge in [-0.15, -0.1) is 0 Å². The van der Waals surface area contributed by atoms with Gasteiger partial charge in [0.25, 0.3) is 0 Å². The molecule has 70 valence electrons. The molecule has 1 aromatic rings. The van der Waals surface area contributed by atoms with Crippen LogP contribution in [0.1, 0.15) is 13.3 Å². The van der Waals surface area contributed by atoms with Crippen LogP contribution in [-0.2, 0) is 0 Å². The van der Waals surface area contributed by atoms with Gasteiger partial charge in [-0.05, 0) is 24.0 Å². The molecule has 0 bridgehead atoms. The molecular formula is C10H15BO2. The van der Waals surface area contributed by atoms with Gasteiger partial charge in [0.2, 0.25) is 0 Å². The molecule has 0 aliphatic rings. The lowest BCUT2D eigenvalue weighted by Crippen LogP contribution is -2.25. The number of hydrogen-bond donors (Lipinski definition) is 1. The Hall–Kier alpha value is -0.955. The molecular weight excluding hydrogens is 163 g/mol. The third-order valence-electron chi connectivity index (χ3n) is 1.84. The van der Waals surface area contributed by atoms with E-state index in [0.717, 1.165) is 24.2 Å². The normalized spacial score (nSPS) is 9.77. The fourth-order valence-electron chi connectivity index (χ4n) is 1.06. The van der Waals surface area contributed by atoms with Crippen LogP contribution >= 0.6 is 0 Å². The maximum Gasteiger partial charge on any atom is 0.320 e. The molecule has 0 aliphatic heterocycles. The standard InChI is InChI=1S/C10H15BO2/c1-3-8-13-10-6-4-9(5-7-10)11(2)12/h4-7,12H,3,8H2,1-2H3. The van der Waals surface area contributed by atoms with Crippen LogP contribution in [0.5, 0.6) is 5.75 Å². The molecule has 1 rings (SSSR count). The highest BCUT2D eigenvalue weighted by molar-refractivity contribution is 6.64. The summed E-state index contributed by atoms with van der Waals surface area (Å²) in [6.07, 6.45) is 1.01. The molecule has 2 nitrogen and oxygen atoms in total. The van der Waals surface area contributed by atoms with Gasteiger partial charge in [0.1, 0.15) is 5.75 Å². The lowest BCUT2D eigenvalue weighted by atomic mass is 9.64. The highest BCUT2D eigenvalue weighted by Gasteiger charge is 2.05. The van der Waals surface area contributed by atoms with E-state index in [2.05, 4.69) is 6.92 Å². The molecule has 0 aromatic heterocycles. The van der Waals surface area contributed by atoms with Crippen molar-refractivity contribution in [3.8, 4) is 5.75 Å². The Kier molecular flexibility index (Phi) is 3.84. The third-order valence-corrected chi connectivity index (χ3v) is 1.84. The summed E-state index contributed by atoms with van der Waals surface area (Å²) in [6, 6.07) is 7.54. The van der Waals surface area contributed by atoms with Gasteiger partial charge < -0.3 is 9.76 Å². The van der Waals surface area contributed by atoms with E-state index in [0.29, 0.717) is 0 Å². The van der Waals surface area contributed by atoms with Crippen molar-refractivity contribution in [1.29, 1.82) is 0 Å². The minimum absolute atomic E-state index is 0.403. The summed E-state index contributed by atoms with van der Waals surface area (Å²) in [7, 11) is 0. The molecule has 0 fully saturated rings. The van der Waals surface area contributed by atoms with Gasteiger partial charge in [0, 0.05) is 0 Å². The summed E-state index contributed by atoms with van der Waals surface area (Å²) in [6.45, 7) is 4.17. The second-order valence-corrected chi connectivity index (χ2v) is 3.09. The van der Waals surface area contributed by atoms with Crippen LogP contribution in [0.2, 0.25) is 6.82 Å². The molecule has 0 heterocycles. The zero-order valence-corrected chi connectivity index (χ0v) is 8.16. The third kappa shape index (κ3) is 3.11. The first-order valence-electron chi connectivity index (χ1n) is 4.65. The maximum atomic E-state index is 9.25. The van der Waals surface area contributed by atoms with Gasteiger partial charge in [0.15, 0.2) is 0 Å². The summed E-state index contributed by atoms with van der Waals surface area (Å²) in [5.74, 6) is 0.867. The van der Waals surface area contributed by atoms with Gasteiger partial charge in [-0.25, -0.2) is 0 Å². The number of ether oxygens (including phenoxy) is 1. The van der Waals surface area contributed by atoms with Crippen LogP contribution in [0.4, 0.5) is 0 Å². The first kappa shape index (κ1) is 10.1. The first-order chi connectivity index (χ1) is 6.24. The Balaban J connectivity index is 2.59. The summed E-state index contributed by atoms with van der Waals surface area (Å²) >= 11 is 0. The van der Waals surface area contributed by atoms with Crippen molar-refractivity contribution in [2.75, 3.05) is 6.61 Å². The Morgan fingerprint density at radius 2 is 1.92 bits per heavy atom. The quantitative estimate of drug-likeness (QED) is 0.704. The van der Waals surface area contributed by atoms with Crippen molar-refractivity contribution < 1.29 is 9.76 Å². The summed E-state index contributed by atoms with van der Waals surface area (Å²) < 4.78 is 5.41. The molecule has 0 amide bonds. The summed E-state index contributed by atoms with van der Waals surface area (Å²) in [4.78, 5) is 0. The van der Waals surface area contributed by atoms with Crippen molar-refractivity contribution in [3.05, 3.63) is 24.3 Å². The van der Waals surface area contributed by atoms with E-state index >= 15 is 0 Å². The Bertz CT molecular complexity index is 244. The lowest BCUT2D eigenvalue weighted by Gasteiger charge is -2.05. The Morgan fingerprint density at radius 3 is 2.38 bits per heavy atom. The van der Waals surface area contributed by atoms with Crippen molar-refractivity contribution in [2.24, 2.45) is 0 Å². The van der Waals surface area contributed by atoms with Crippen molar-refractivity contribution in [2.45, 2.75) is 20.2 Å². The summed E-state index contributed by atoms with van der Waals surface area (Å²) in [5.41, 5.74) is 0.920. The SMILES string of the molecule is CCCOc1ccc(B(C)O)cc1. The molecule has 13 heavy (non-hydrogen) atoms. The van der Waals surface area contributed by atoms with E-state index in [-0.39, 0.29) is 0 Å². The molecule has 0 spiro atoms. The van der Waals surface area contributed by atoms with Crippen LogP contribution < -0.4 is 10.2 Å². The van der Waals surface area contributed by atoms with E-state index in [1.54, 1.807) is 6.82 Å². The molecule has 0 saturated heterocycles. The average molecular weight is 178 g/mol. The van der Waals surface area contributed by atoms with E-state index in [4.69, 9.17) is 4.74 Å². The summed E-state index contributed by atoms with van der Waals surface area (Å²) in [5, 5.41) is 9.25. The predicted octanol–water partition coefficient (Wildman–Crippen LogP) is 1.30. The van der Waals surface area contributed by atoms with E-state index in [9.17, 15) is 5.02 Å². The second-order valence-electron chi connectivity index (χ2n) is 3.09. The largest absolute Gasteiger partial charge is 0.494 e. The molecule has 0 aliphatic carbocycles. The fraction of sp³-hybridized carbons (Fsp3) is 0.400. The molecule has 1 aromatic carbocycles. The number of hydrogen-bond acceptors (Lipinski definition) is 2. The highest BCUT2D eigenvalue weighted by Crippen LogP contribution is 2.07. The van der Waals surface area contributed by atoms with E-state index in [1.165, 1.54) is 0 Å². The Morgan fingerprint density at radius 1 is 1.31 bits per heavy atom. The highest BCUT2D eigenvalue weighted by atomic mass is 16.5. The molecule has 0 saturated carbocycles. The minimum Gasteiger partial charge on any atom is -0.494 e. The van der Waals surface area contributed by atoms with Crippen molar-refractivity contribution in [3.63, 3.8) is 0 Å². The predicted molar refractivity (Wildman–Crippen MR) is 55.7 cm³/mol. The molecule has 0 atom stereocenters. The van der Waals surface area contributed by atoms with E-state index < -0.39 is 6.92 Å². The van der Waals surface area contributed by atoms with Gasteiger partial charge in [0.05, 0.1) is 6.61 Å². The molecule has 0 radical (unpaired) electrons. The average Bonchev–Trinajstić information content (AvgIpc) is 2.15. The lowest BCUT2D eigenvalue weighted by molar-refractivity contribution is 0.317. The van der Waals surface area contributed by atoms with Gasteiger partial charge in [-0.2, -0.15) is 0 Å². The van der Waals surface area contributed by atoms with Crippen LogP contribution in [0.15, 0.2) is 24.3 Å². The smallest absolute Gasteiger partial charge is 0.320 e. The maximum absolute atomic E-state index is 9.25. The molecule has 0 unspecified atom stereocenters. The Labute approximate surface area is 79.7 Å². The van der Waals surface area contributed by atoms with Gasteiger partial charge in [-0.3, -0.25) is 0 Å². The fourth-order valence-corrected chi connectivity index (χ4v) is 1.06. The van der Waals surface area contributed by atoms with Crippen molar-refractivity contribution >= 4 is 12.4 Å². The first-order valence-corrected chi connectivity index (χ1v) is 4.65. The molecule has 3 heteroatoms. The zero-order chi connectivity index (χ0) is 9.68. The van der Waals surface area contributed by atoms with Crippen LogP contribution in [0.3, 0.4) is 0 Å².